The van der Waals surface area contributed by atoms with Gasteiger partial charge in [-0.2, -0.15) is 5.06 Å². The average Bonchev–Trinajstić information content (AvgIpc) is 3.06. The molecule has 0 aliphatic carbocycles. The number of rotatable bonds is 11. The smallest absolute Gasteiger partial charge is 0.384 e. The van der Waals surface area contributed by atoms with E-state index in [0.717, 1.165) is 17.9 Å². The third kappa shape index (κ3) is 9.27. The highest BCUT2D eigenvalue weighted by Crippen LogP contribution is 2.10. The molecule has 0 saturated heterocycles. The van der Waals surface area contributed by atoms with Crippen LogP contribution in [0.2, 0.25) is 0 Å². The van der Waals surface area contributed by atoms with E-state index >= 15 is 0 Å². The molecule has 0 amide bonds. The van der Waals surface area contributed by atoms with Crippen molar-refractivity contribution in [2.75, 3.05) is 13.1 Å². The van der Waals surface area contributed by atoms with Gasteiger partial charge < -0.3 is 9.57 Å². The van der Waals surface area contributed by atoms with Gasteiger partial charge in [0, 0.05) is 6.42 Å². The molecule has 0 atom stereocenters. The predicted octanol–water partition coefficient (Wildman–Crippen LogP) is 2.78. The molecule has 0 aromatic carbocycles. The molecular formula is C17H28N2O5. The van der Waals surface area contributed by atoms with E-state index in [2.05, 4.69) is 16.7 Å². The Balaban J connectivity index is 1.99. The van der Waals surface area contributed by atoms with Gasteiger partial charge in [0.15, 0.2) is 0 Å². The SMILES string of the molecule is CCCCCCCCCCCC(=O)OC(=O)C(=O)ON1C=NCC1. The zero-order valence-electron chi connectivity index (χ0n) is 14.5. The van der Waals surface area contributed by atoms with Crippen molar-refractivity contribution < 1.29 is 24.0 Å². The summed E-state index contributed by atoms with van der Waals surface area (Å²) in [4.78, 5) is 42.8. The van der Waals surface area contributed by atoms with Gasteiger partial charge in [0.25, 0.3) is 0 Å². The molecule has 1 aliphatic heterocycles. The first-order valence-electron chi connectivity index (χ1n) is 8.87. The van der Waals surface area contributed by atoms with Gasteiger partial charge in [-0.25, -0.2) is 9.59 Å². The van der Waals surface area contributed by atoms with Crippen LogP contribution < -0.4 is 0 Å². The Hall–Kier alpha value is -1.92. The standard InChI is InChI=1S/C17H28N2O5/c1-2-3-4-5-6-7-8-9-10-11-15(20)23-16(21)17(22)24-19-13-12-18-14-19/h14H,2-13H2,1H3. The van der Waals surface area contributed by atoms with Crippen molar-refractivity contribution in [3.63, 3.8) is 0 Å². The monoisotopic (exact) mass is 340 g/mol. The van der Waals surface area contributed by atoms with Crippen molar-refractivity contribution >= 4 is 24.2 Å². The van der Waals surface area contributed by atoms with Crippen LogP contribution in [0.1, 0.15) is 71.1 Å². The molecule has 1 heterocycles. The quantitative estimate of drug-likeness (QED) is 0.249. The van der Waals surface area contributed by atoms with Crippen LogP contribution in [0.4, 0.5) is 0 Å². The van der Waals surface area contributed by atoms with E-state index in [4.69, 9.17) is 4.84 Å². The summed E-state index contributed by atoms with van der Waals surface area (Å²) in [5.74, 6) is -3.17. The summed E-state index contributed by atoms with van der Waals surface area (Å²) in [6.07, 6.45) is 11.6. The number of unbranched alkanes of at least 4 members (excludes halogenated alkanes) is 8. The molecule has 136 valence electrons. The fourth-order valence-corrected chi connectivity index (χ4v) is 2.35. The molecule has 1 aliphatic rings. The molecule has 0 bridgehead atoms. The van der Waals surface area contributed by atoms with Crippen molar-refractivity contribution in [3.05, 3.63) is 0 Å². The molecule has 7 nitrogen and oxygen atoms in total. The molecule has 1 rings (SSSR count). The van der Waals surface area contributed by atoms with E-state index in [1.807, 2.05) is 0 Å². The molecule has 7 heteroatoms. The van der Waals surface area contributed by atoms with E-state index < -0.39 is 17.9 Å². The molecular weight excluding hydrogens is 312 g/mol. The summed E-state index contributed by atoms with van der Waals surface area (Å²) in [7, 11) is 0. The van der Waals surface area contributed by atoms with Crippen LogP contribution >= 0.6 is 0 Å². The minimum absolute atomic E-state index is 0.139. The second kappa shape index (κ2) is 12.5. The third-order valence-corrected chi connectivity index (χ3v) is 3.72. The highest BCUT2D eigenvalue weighted by atomic mass is 16.7. The number of hydrogen-bond acceptors (Lipinski definition) is 7. The van der Waals surface area contributed by atoms with Gasteiger partial charge >= 0.3 is 17.9 Å². The lowest BCUT2D eigenvalue weighted by Crippen LogP contribution is -2.31. The number of hydroxylamine groups is 2. The third-order valence-electron chi connectivity index (χ3n) is 3.72. The van der Waals surface area contributed by atoms with Crippen LogP contribution in [0.5, 0.6) is 0 Å². The number of esters is 2. The first-order valence-corrected chi connectivity index (χ1v) is 8.87. The van der Waals surface area contributed by atoms with Gasteiger partial charge in [0.2, 0.25) is 0 Å². The zero-order valence-corrected chi connectivity index (χ0v) is 14.5. The van der Waals surface area contributed by atoms with Gasteiger partial charge in [-0.3, -0.25) is 9.79 Å². The Labute approximate surface area is 143 Å². The first-order chi connectivity index (χ1) is 11.6. The average molecular weight is 340 g/mol. The second-order valence-electron chi connectivity index (χ2n) is 5.88. The number of ether oxygens (including phenoxy) is 1. The Morgan fingerprint density at radius 2 is 1.58 bits per heavy atom. The van der Waals surface area contributed by atoms with Crippen LogP contribution in [-0.4, -0.2) is 42.4 Å². The van der Waals surface area contributed by atoms with Crippen molar-refractivity contribution in [1.29, 1.82) is 0 Å². The fourth-order valence-electron chi connectivity index (χ4n) is 2.35. The molecule has 0 unspecified atom stereocenters. The Morgan fingerprint density at radius 3 is 2.17 bits per heavy atom. The van der Waals surface area contributed by atoms with E-state index in [-0.39, 0.29) is 6.42 Å². The van der Waals surface area contributed by atoms with Crippen molar-refractivity contribution in [1.82, 2.24) is 5.06 Å². The van der Waals surface area contributed by atoms with Crippen LogP contribution in [0.15, 0.2) is 4.99 Å². The summed E-state index contributed by atoms with van der Waals surface area (Å²) >= 11 is 0. The van der Waals surface area contributed by atoms with Crippen LogP contribution in [0, 0.1) is 0 Å². The summed E-state index contributed by atoms with van der Waals surface area (Å²) in [5.41, 5.74) is 0. The minimum Gasteiger partial charge on any atom is -0.384 e. The Morgan fingerprint density at radius 1 is 0.958 bits per heavy atom. The largest absolute Gasteiger partial charge is 0.442 e. The normalized spacial score (nSPS) is 13.1. The Bertz CT molecular complexity index is 437. The summed E-state index contributed by atoms with van der Waals surface area (Å²) in [6.45, 7) is 3.09. The van der Waals surface area contributed by atoms with Gasteiger partial charge in [-0.15, -0.1) is 0 Å². The lowest BCUT2D eigenvalue weighted by Gasteiger charge is -2.11. The number of aliphatic imine (C=N–C) groups is 1. The minimum atomic E-state index is -1.28. The van der Waals surface area contributed by atoms with E-state index in [1.54, 1.807) is 0 Å². The molecule has 0 radical (unpaired) electrons. The summed E-state index contributed by atoms with van der Waals surface area (Å²) in [6, 6.07) is 0. The molecule has 0 saturated carbocycles. The molecule has 0 fully saturated rings. The van der Waals surface area contributed by atoms with Crippen molar-refractivity contribution in [2.45, 2.75) is 71.1 Å². The maximum atomic E-state index is 11.5. The van der Waals surface area contributed by atoms with Crippen LogP contribution in [-0.2, 0) is 24.0 Å². The maximum absolute atomic E-state index is 11.5. The highest BCUT2D eigenvalue weighted by molar-refractivity contribution is 6.31. The van der Waals surface area contributed by atoms with Gasteiger partial charge in [0.05, 0.1) is 13.1 Å². The predicted molar refractivity (Wildman–Crippen MR) is 89.1 cm³/mol. The topological polar surface area (TPSA) is 85.3 Å². The van der Waals surface area contributed by atoms with E-state index in [9.17, 15) is 14.4 Å². The molecule has 0 N–H and O–H groups in total. The lowest BCUT2D eigenvalue weighted by molar-refractivity contribution is -0.187. The number of carbonyl (C=O) groups excluding carboxylic acids is 3. The number of nitrogens with zero attached hydrogens (tertiary/aromatic N) is 2. The molecule has 0 aromatic rings. The van der Waals surface area contributed by atoms with Gasteiger partial charge in [-0.05, 0) is 6.42 Å². The first kappa shape index (κ1) is 20.1. The number of hydrogen-bond donors (Lipinski definition) is 0. The Kier molecular flexibility index (Phi) is 10.5. The number of carbonyl (C=O) groups is 3. The lowest BCUT2D eigenvalue weighted by atomic mass is 10.1. The highest BCUT2D eigenvalue weighted by Gasteiger charge is 2.24. The maximum Gasteiger partial charge on any atom is 0.442 e. The van der Waals surface area contributed by atoms with Gasteiger partial charge in [0.1, 0.15) is 6.34 Å². The molecule has 24 heavy (non-hydrogen) atoms. The fraction of sp³-hybridized carbons (Fsp3) is 0.765. The molecule has 0 aromatic heterocycles. The second-order valence-corrected chi connectivity index (χ2v) is 5.88. The van der Waals surface area contributed by atoms with E-state index in [0.29, 0.717) is 19.5 Å². The van der Waals surface area contributed by atoms with E-state index in [1.165, 1.54) is 44.9 Å². The van der Waals surface area contributed by atoms with Crippen LogP contribution in [0.3, 0.4) is 0 Å². The summed E-state index contributed by atoms with van der Waals surface area (Å²) in [5, 5.41) is 1.13. The van der Waals surface area contributed by atoms with Crippen molar-refractivity contribution in [3.8, 4) is 0 Å². The van der Waals surface area contributed by atoms with Crippen LogP contribution in [0.25, 0.3) is 0 Å². The van der Waals surface area contributed by atoms with Crippen molar-refractivity contribution in [2.24, 2.45) is 4.99 Å². The van der Waals surface area contributed by atoms with Gasteiger partial charge in [-0.1, -0.05) is 58.3 Å². The molecule has 0 spiro atoms. The zero-order chi connectivity index (χ0) is 17.6. The summed E-state index contributed by atoms with van der Waals surface area (Å²) < 4.78 is 4.47.